The van der Waals surface area contributed by atoms with E-state index in [-0.39, 0.29) is 13.0 Å². The number of pyridine rings is 1. The van der Waals surface area contributed by atoms with Crippen LogP contribution < -0.4 is 0 Å². The van der Waals surface area contributed by atoms with Gasteiger partial charge in [0.2, 0.25) is 0 Å². The van der Waals surface area contributed by atoms with Crippen molar-refractivity contribution in [2.45, 2.75) is 12.5 Å². The molecule has 0 aliphatic carbocycles. The first-order valence-corrected chi connectivity index (χ1v) is 5.56. The van der Waals surface area contributed by atoms with Crippen molar-refractivity contribution in [3.8, 4) is 11.8 Å². The van der Waals surface area contributed by atoms with E-state index in [2.05, 4.69) is 21.8 Å². The summed E-state index contributed by atoms with van der Waals surface area (Å²) < 4.78 is 0. The lowest BCUT2D eigenvalue weighted by Crippen LogP contribution is -2.09. The molecule has 0 saturated carbocycles. The second-order valence-electron chi connectivity index (χ2n) is 3.96. The minimum Gasteiger partial charge on any atom is -0.394 e. The molecule has 0 aliphatic rings. The van der Waals surface area contributed by atoms with Crippen LogP contribution in [0.3, 0.4) is 0 Å². The van der Waals surface area contributed by atoms with Gasteiger partial charge in [0.1, 0.15) is 0 Å². The van der Waals surface area contributed by atoms with Crippen LogP contribution in [0.2, 0.25) is 0 Å². The second kappa shape index (κ2) is 7.43. The highest BCUT2D eigenvalue weighted by atomic mass is 16.3. The predicted molar refractivity (Wildman–Crippen MR) is 70.7 cm³/mol. The number of hydrogen-bond acceptors (Lipinski definition) is 4. The van der Waals surface area contributed by atoms with Crippen LogP contribution in [0.15, 0.2) is 23.3 Å². The number of aliphatic hydroxyl groups excluding tert-OH is 2. The molecule has 96 valence electrons. The van der Waals surface area contributed by atoms with Gasteiger partial charge in [0.25, 0.3) is 0 Å². The van der Waals surface area contributed by atoms with Gasteiger partial charge in [-0.15, -0.1) is 0 Å². The Balaban J connectivity index is 2.60. The van der Waals surface area contributed by atoms with E-state index in [9.17, 15) is 0 Å². The number of rotatable bonds is 4. The van der Waals surface area contributed by atoms with Gasteiger partial charge in [0, 0.05) is 32.3 Å². The quantitative estimate of drug-likeness (QED) is 0.459. The molecule has 5 nitrogen and oxygen atoms in total. The molecule has 0 aromatic carbocycles. The summed E-state index contributed by atoms with van der Waals surface area (Å²) in [5, 5.41) is 17.7. The van der Waals surface area contributed by atoms with Crippen molar-refractivity contribution in [1.82, 2.24) is 9.88 Å². The summed E-state index contributed by atoms with van der Waals surface area (Å²) in [5.41, 5.74) is 0.754. The van der Waals surface area contributed by atoms with Crippen LogP contribution >= 0.6 is 0 Å². The van der Waals surface area contributed by atoms with Gasteiger partial charge < -0.3 is 15.1 Å². The number of aliphatic hydroxyl groups is 2. The first-order valence-electron chi connectivity index (χ1n) is 5.56. The maximum absolute atomic E-state index is 9.11. The fourth-order valence-electron chi connectivity index (χ4n) is 1.05. The predicted octanol–water partition coefficient (Wildman–Crippen LogP) is 0.398. The van der Waals surface area contributed by atoms with E-state index >= 15 is 0 Å². The Hall–Kier alpha value is -1.90. The van der Waals surface area contributed by atoms with Crippen molar-refractivity contribution in [2.24, 2.45) is 4.99 Å². The van der Waals surface area contributed by atoms with Gasteiger partial charge in [0.05, 0.1) is 19.0 Å². The summed E-state index contributed by atoms with van der Waals surface area (Å²) in [4.78, 5) is 10.1. The Bertz CT molecular complexity index is 444. The highest BCUT2D eigenvalue weighted by Crippen LogP contribution is 2.07. The van der Waals surface area contributed by atoms with Crippen LogP contribution in [0, 0.1) is 11.8 Å². The molecular weight excluding hydrogens is 230 g/mol. The zero-order chi connectivity index (χ0) is 13.4. The SMILES string of the molecule is CN(C)/C=N\c1ccc(C#CC[C@H](O)CO)cn1. The fraction of sp³-hybridized carbons (Fsp3) is 0.385. The molecule has 0 amide bonds. The maximum atomic E-state index is 9.11. The third kappa shape index (κ3) is 5.43. The van der Waals surface area contributed by atoms with Gasteiger partial charge >= 0.3 is 0 Å². The first-order chi connectivity index (χ1) is 8.61. The molecule has 1 atom stereocenters. The van der Waals surface area contributed by atoms with Gasteiger partial charge in [-0.05, 0) is 12.1 Å². The summed E-state index contributed by atoms with van der Waals surface area (Å²) >= 11 is 0. The van der Waals surface area contributed by atoms with Gasteiger partial charge in [-0.3, -0.25) is 0 Å². The zero-order valence-electron chi connectivity index (χ0n) is 10.5. The van der Waals surface area contributed by atoms with Gasteiger partial charge in [-0.25, -0.2) is 9.98 Å². The monoisotopic (exact) mass is 247 g/mol. The fourth-order valence-corrected chi connectivity index (χ4v) is 1.05. The van der Waals surface area contributed by atoms with Crippen molar-refractivity contribution >= 4 is 12.2 Å². The zero-order valence-corrected chi connectivity index (χ0v) is 10.5. The molecule has 0 unspecified atom stereocenters. The number of aliphatic imine (C=N–C) groups is 1. The molecule has 5 heteroatoms. The molecule has 2 N–H and O–H groups in total. The Labute approximate surface area is 107 Å². The van der Waals surface area contributed by atoms with E-state index in [0.717, 1.165) is 5.56 Å². The third-order valence-electron chi connectivity index (χ3n) is 1.95. The summed E-state index contributed by atoms with van der Waals surface area (Å²) in [6, 6.07) is 3.58. The number of hydrogen-bond donors (Lipinski definition) is 2. The Morgan fingerprint density at radius 2 is 2.28 bits per heavy atom. The van der Waals surface area contributed by atoms with Crippen molar-refractivity contribution in [2.75, 3.05) is 20.7 Å². The van der Waals surface area contributed by atoms with Crippen molar-refractivity contribution in [3.63, 3.8) is 0 Å². The van der Waals surface area contributed by atoms with Crippen LogP contribution in [0.5, 0.6) is 0 Å². The van der Waals surface area contributed by atoms with Gasteiger partial charge in [-0.1, -0.05) is 11.8 Å². The van der Waals surface area contributed by atoms with Crippen LogP contribution in [-0.2, 0) is 0 Å². The van der Waals surface area contributed by atoms with E-state index in [1.54, 1.807) is 18.6 Å². The topological polar surface area (TPSA) is 69.0 Å². The molecule has 18 heavy (non-hydrogen) atoms. The lowest BCUT2D eigenvalue weighted by Gasteiger charge is -2.01. The van der Waals surface area contributed by atoms with Gasteiger partial charge in [0.15, 0.2) is 5.82 Å². The lowest BCUT2D eigenvalue weighted by molar-refractivity contribution is 0.0992. The molecule has 1 heterocycles. The smallest absolute Gasteiger partial charge is 0.153 e. The summed E-state index contributed by atoms with van der Waals surface area (Å²) in [6.07, 6.45) is 2.76. The minimum atomic E-state index is -0.783. The van der Waals surface area contributed by atoms with Crippen LogP contribution in [0.1, 0.15) is 12.0 Å². The van der Waals surface area contributed by atoms with Crippen molar-refractivity contribution < 1.29 is 10.2 Å². The first kappa shape index (κ1) is 14.2. The Morgan fingerprint density at radius 3 is 2.83 bits per heavy atom. The second-order valence-corrected chi connectivity index (χ2v) is 3.96. The molecule has 0 saturated heterocycles. The van der Waals surface area contributed by atoms with Crippen LogP contribution in [-0.4, -0.2) is 53.2 Å². The summed E-state index contributed by atoms with van der Waals surface area (Å²) in [7, 11) is 3.77. The molecule has 0 fully saturated rings. The molecule has 0 bridgehead atoms. The molecule has 0 radical (unpaired) electrons. The molecule has 1 rings (SSSR count). The maximum Gasteiger partial charge on any atom is 0.153 e. The van der Waals surface area contributed by atoms with E-state index in [0.29, 0.717) is 5.82 Å². The van der Waals surface area contributed by atoms with Crippen molar-refractivity contribution in [3.05, 3.63) is 23.9 Å². The average molecular weight is 247 g/mol. The Kier molecular flexibility index (Phi) is 5.85. The number of aromatic nitrogens is 1. The molecule has 0 spiro atoms. The van der Waals surface area contributed by atoms with Crippen LogP contribution in [0.4, 0.5) is 5.82 Å². The normalized spacial score (nSPS) is 12.0. The third-order valence-corrected chi connectivity index (χ3v) is 1.95. The summed E-state index contributed by atoms with van der Waals surface area (Å²) in [5.74, 6) is 6.25. The van der Waals surface area contributed by atoms with Gasteiger partial charge in [-0.2, -0.15) is 0 Å². The van der Waals surface area contributed by atoms with Crippen molar-refractivity contribution in [1.29, 1.82) is 0 Å². The summed E-state index contributed by atoms with van der Waals surface area (Å²) in [6.45, 7) is -0.273. The highest BCUT2D eigenvalue weighted by molar-refractivity contribution is 5.59. The van der Waals surface area contributed by atoms with E-state index in [1.165, 1.54) is 0 Å². The minimum absolute atomic E-state index is 0.247. The molecule has 1 aromatic rings. The largest absolute Gasteiger partial charge is 0.394 e. The van der Waals surface area contributed by atoms with E-state index in [1.807, 2.05) is 25.1 Å². The molecule has 1 aromatic heterocycles. The average Bonchev–Trinajstić information content (AvgIpc) is 2.37. The van der Waals surface area contributed by atoms with E-state index < -0.39 is 6.10 Å². The Morgan fingerprint density at radius 1 is 1.50 bits per heavy atom. The number of nitrogens with zero attached hydrogens (tertiary/aromatic N) is 3. The lowest BCUT2D eigenvalue weighted by atomic mass is 10.2. The van der Waals surface area contributed by atoms with Crippen LogP contribution in [0.25, 0.3) is 0 Å². The molecular formula is C13H17N3O2. The highest BCUT2D eigenvalue weighted by Gasteiger charge is 1.96. The standard InChI is InChI=1S/C13H17N3O2/c1-16(2)10-15-13-7-6-11(8-14-13)4-3-5-12(18)9-17/h6-8,10,12,17-18H,5,9H2,1-2H3/b15-10-/t12-/m0/s1. The van der Waals surface area contributed by atoms with E-state index in [4.69, 9.17) is 10.2 Å². The molecule has 0 aliphatic heterocycles.